The van der Waals surface area contributed by atoms with Crippen LogP contribution in [0.4, 0.5) is 5.13 Å². The van der Waals surface area contributed by atoms with E-state index < -0.39 is 0 Å². The number of ether oxygens (including phenoxy) is 1. The molecule has 2 rings (SSSR count). The van der Waals surface area contributed by atoms with Gasteiger partial charge in [0.1, 0.15) is 0 Å². The summed E-state index contributed by atoms with van der Waals surface area (Å²) in [6, 6.07) is 0.325. The van der Waals surface area contributed by atoms with Crippen molar-refractivity contribution in [3.63, 3.8) is 0 Å². The molecule has 0 aliphatic rings. The quantitative estimate of drug-likeness (QED) is 0.889. The van der Waals surface area contributed by atoms with E-state index in [9.17, 15) is 4.79 Å². The molecule has 0 aromatic carbocycles. The Labute approximate surface area is 128 Å². The second kappa shape index (κ2) is 6.71. The minimum absolute atomic E-state index is 0.193. The van der Waals surface area contributed by atoms with Crippen molar-refractivity contribution in [3.05, 3.63) is 23.7 Å². The first-order valence-corrected chi connectivity index (χ1v) is 7.77. The molecule has 0 atom stereocenters. The van der Waals surface area contributed by atoms with Gasteiger partial charge in [-0.2, -0.15) is 5.10 Å². The number of carbonyl (C=O) groups is 1. The number of nitrogens with one attached hydrogen (secondary N) is 1. The summed E-state index contributed by atoms with van der Waals surface area (Å²) in [6.07, 6.45) is 5.18. The predicted octanol–water partition coefficient (Wildman–Crippen LogP) is 3.27. The molecule has 0 fully saturated rings. The van der Waals surface area contributed by atoms with E-state index in [0.29, 0.717) is 21.8 Å². The molecule has 0 aliphatic carbocycles. The lowest BCUT2D eigenvalue weighted by atomic mass is 10.1. The maximum absolute atomic E-state index is 12.3. The molecule has 0 saturated carbocycles. The van der Waals surface area contributed by atoms with Gasteiger partial charge in [-0.25, -0.2) is 4.98 Å². The highest BCUT2D eigenvalue weighted by atomic mass is 32.1. The van der Waals surface area contributed by atoms with Crippen LogP contribution in [0.15, 0.2) is 12.4 Å². The van der Waals surface area contributed by atoms with Crippen LogP contribution in [0, 0.1) is 6.92 Å². The number of carbonyl (C=O) groups excluding carboxylic acids is 1. The van der Waals surface area contributed by atoms with E-state index in [4.69, 9.17) is 4.74 Å². The first-order chi connectivity index (χ1) is 10.1. The average Bonchev–Trinajstić information content (AvgIpc) is 3.08. The molecular weight excluding hydrogens is 288 g/mol. The maximum Gasteiger partial charge on any atom is 0.260 e. The molecule has 0 aliphatic heterocycles. The molecule has 2 aromatic heterocycles. The van der Waals surface area contributed by atoms with Crippen molar-refractivity contribution in [1.29, 1.82) is 0 Å². The van der Waals surface area contributed by atoms with Gasteiger partial charge in [-0.05, 0) is 19.8 Å². The van der Waals surface area contributed by atoms with Crippen molar-refractivity contribution in [1.82, 2.24) is 14.8 Å². The smallest absolute Gasteiger partial charge is 0.260 e. The zero-order chi connectivity index (χ0) is 15.4. The number of rotatable bonds is 6. The first-order valence-electron chi connectivity index (χ1n) is 6.95. The van der Waals surface area contributed by atoms with Crippen LogP contribution in [0.3, 0.4) is 0 Å². The van der Waals surface area contributed by atoms with Crippen LogP contribution in [0.25, 0.3) is 0 Å². The SMILES string of the molecule is CCC(CC)n1ncc(C(=O)Nc2ncc(OC)s2)c1C. The van der Waals surface area contributed by atoms with E-state index in [1.807, 2.05) is 11.6 Å². The van der Waals surface area contributed by atoms with Crippen molar-refractivity contribution >= 4 is 22.4 Å². The van der Waals surface area contributed by atoms with E-state index in [2.05, 4.69) is 29.2 Å². The van der Waals surface area contributed by atoms with Crippen molar-refractivity contribution in [3.8, 4) is 5.06 Å². The molecule has 0 unspecified atom stereocenters. The molecule has 0 bridgehead atoms. The normalized spacial score (nSPS) is 10.9. The minimum atomic E-state index is -0.193. The van der Waals surface area contributed by atoms with Gasteiger partial charge in [0.2, 0.25) is 0 Å². The monoisotopic (exact) mass is 308 g/mol. The molecule has 0 radical (unpaired) electrons. The van der Waals surface area contributed by atoms with Crippen LogP contribution in [0.2, 0.25) is 0 Å². The van der Waals surface area contributed by atoms with Crippen LogP contribution in [0.5, 0.6) is 5.06 Å². The maximum atomic E-state index is 12.3. The van der Waals surface area contributed by atoms with Crippen molar-refractivity contribution in [2.75, 3.05) is 12.4 Å². The number of methoxy groups -OCH3 is 1. The summed E-state index contributed by atoms with van der Waals surface area (Å²) in [5, 5.41) is 8.31. The Morgan fingerprint density at radius 3 is 2.71 bits per heavy atom. The predicted molar refractivity (Wildman–Crippen MR) is 83.2 cm³/mol. The lowest BCUT2D eigenvalue weighted by Crippen LogP contribution is -2.15. The zero-order valence-electron chi connectivity index (χ0n) is 12.7. The molecule has 1 amide bonds. The van der Waals surface area contributed by atoms with Gasteiger partial charge in [0.15, 0.2) is 10.2 Å². The van der Waals surface area contributed by atoms with Gasteiger partial charge in [-0.15, -0.1) is 0 Å². The van der Waals surface area contributed by atoms with E-state index >= 15 is 0 Å². The van der Waals surface area contributed by atoms with Gasteiger partial charge in [0, 0.05) is 5.69 Å². The highest BCUT2D eigenvalue weighted by Crippen LogP contribution is 2.26. The summed E-state index contributed by atoms with van der Waals surface area (Å²) < 4.78 is 6.99. The second-order valence-corrected chi connectivity index (χ2v) is 5.69. The van der Waals surface area contributed by atoms with Gasteiger partial charge < -0.3 is 4.74 Å². The second-order valence-electron chi connectivity index (χ2n) is 4.70. The van der Waals surface area contributed by atoms with Crippen LogP contribution < -0.4 is 10.1 Å². The Morgan fingerprint density at radius 1 is 1.43 bits per heavy atom. The number of hydrogen-bond acceptors (Lipinski definition) is 5. The molecule has 1 N–H and O–H groups in total. The molecular formula is C14H20N4O2S. The third kappa shape index (κ3) is 3.24. The van der Waals surface area contributed by atoms with Gasteiger partial charge >= 0.3 is 0 Å². The lowest BCUT2D eigenvalue weighted by molar-refractivity contribution is 0.102. The summed E-state index contributed by atoms with van der Waals surface area (Å²) in [7, 11) is 1.57. The summed E-state index contributed by atoms with van der Waals surface area (Å²) in [5.41, 5.74) is 1.46. The molecule has 0 saturated heterocycles. The Kier molecular flexibility index (Phi) is 4.95. The van der Waals surface area contributed by atoms with Crippen molar-refractivity contribution < 1.29 is 9.53 Å². The Bertz CT molecular complexity index is 616. The third-order valence-electron chi connectivity index (χ3n) is 3.48. The fraction of sp³-hybridized carbons (Fsp3) is 0.500. The lowest BCUT2D eigenvalue weighted by Gasteiger charge is -2.15. The summed E-state index contributed by atoms with van der Waals surface area (Å²) in [6.45, 7) is 6.16. The summed E-state index contributed by atoms with van der Waals surface area (Å²) >= 11 is 1.29. The third-order valence-corrected chi connectivity index (χ3v) is 4.36. The number of nitrogens with zero attached hydrogens (tertiary/aromatic N) is 3. The number of anilines is 1. The van der Waals surface area contributed by atoms with E-state index in [-0.39, 0.29) is 5.91 Å². The van der Waals surface area contributed by atoms with Crippen molar-refractivity contribution in [2.45, 2.75) is 39.7 Å². The number of aromatic nitrogens is 3. The summed E-state index contributed by atoms with van der Waals surface area (Å²) in [4.78, 5) is 16.4. The highest BCUT2D eigenvalue weighted by molar-refractivity contribution is 7.17. The van der Waals surface area contributed by atoms with E-state index in [1.54, 1.807) is 19.5 Å². The van der Waals surface area contributed by atoms with E-state index in [1.165, 1.54) is 11.3 Å². The molecule has 7 heteroatoms. The highest BCUT2D eigenvalue weighted by Gasteiger charge is 2.18. The van der Waals surface area contributed by atoms with Crippen molar-refractivity contribution in [2.24, 2.45) is 0 Å². The largest absolute Gasteiger partial charge is 0.486 e. The van der Waals surface area contributed by atoms with Crippen LogP contribution >= 0.6 is 11.3 Å². The van der Waals surface area contributed by atoms with Crippen LogP contribution in [0.1, 0.15) is 48.8 Å². The zero-order valence-corrected chi connectivity index (χ0v) is 13.5. The van der Waals surface area contributed by atoms with Crippen LogP contribution in [-0.4, -0.2) is 27.8 Å². The van der Waals surface area contributed by atoms with Gasteiger partial charge in [0.05, 0.1) is 31.1 Å². The topological polar surface area (TPSA) is 69.0 Å². The van der Waals surface area contributed by atoms with Gasteiger partial charge in [-0.3, -0.25) is 14.8 Å². The first kappa shape index (κ1) is 15.5. The van der Waals surface area contributed by atoms with E-state index in [0.717, 1.165) is 18.5 Å². The molecule has 6 nitrogen and oxygen atoms in total. The number of thiazole rings is 1. The Balaban J connectivity index is 2.16. The number of hydrogen-bond donors (Lipinski definition) is 1. The fourth-order valence-corrected chi connectivity index (χ4v) is 2.85. The van der Waals surface area contributed by atoms with Crippen LogP contribution in [-0.2, 0) is 0 Å². The Morgan fingerprint density at radius 2 is 2.14 bits per heavy atom. The molecule has 0 spiro atoms. The Hall–Kier alpha value is -1.89. The molecule has 2 aromatic rings. The summed E-state index contributed by atoms with van der Waals surface area (Å²) in [5.74, 6) is -0.193. The fourth-order valence-electron chi connectivity index (χ4n) is 2.22. The average molecular weight is 308 g/mol. The minimum Gasteiger partial charge on any atom is -0.486 e. The molecule has 21 heavy (non-hydrogen) atoms. The molecule has 2 heterocycles. The molecule has 114 valence electrons. The number of amides is 1. The van der Waals surface area contributed by atoms with Gasteiger partial charge in [0.25, 0.3) is 5.91 Å². The standard InChI is InChI=1S/C14H20N4O2S/c1-5-10(6-2)18-9(3)11(7-16-18)13(19)17-14-15-8-12(20-4)21-14/h7-8,10H,5-6H2,1-4H3,(H,15,17,19). The van der Waals surface area contributed by atoms with Gasteiger partial charge in [-0.1, -0.05) is 25.2 Å².